The first-order valence-electron chi connectivity index (χ1n) is 9.05. The van der Waals surface area contributed by atoms with Crippen LogP contribution in [0.1, 0.15) is 31.4 Å². The number of benzene rings is 1. The first kappa shape index (κ1) is 19.7. The van der Waals surface area contributed by atoms with Crippen LogP contribution < -0.4 is 27.7 Å². The second kappa shape index (κ2) is 6.83. The van der Waals surface area contributed by atoms with E-state index in [-0.39, 0.29) is 23.8 Å². The van der Waals surface area contributed by atoms with Gasteiger partial charge < -0.3 is 16.5 Å². The third-order valence-corrected chi connectivity index (χ3v) is 5.86. The minimum Gasteiger partial charge on any atom is -0.368 e. The summed E-state index contributed by atoms with van der Waals surface area (Å²) in [4.78, 5) is 27.0. The lowest BCUT2D eigenvalue weighted by atomic mass is 9.99. The molecule has 4 rings (SSSR count). The number of rotatable bonds is 3. The molecule has 0 unspecified atom stereocenters. The van der Waals surface area contributed by atoms with Crippen LogP contribution in [0.4, 0.5) is 10.1 Å². The summed E-state index contributed by atoms with van der Waals surface area (Å²) in [7, 11) is 0. The van der Waals surface area contributed by atoms with Crippen LogP contribution in [0.2, 0.25) is 0 Å². The van der Waals surface area contributed by atoms with Gasteiger partial charge in [0.1, 0.15) is 5.82 Å². The fourth-order valence-corrected chi connectivity index (χ4v) is 4.24. The number of nitrogens with zero attached hydrogens (tertiary/aromatic N) is 3. The standard InChI is InChI=1S/C18H24FN5O2.ClH/c1-9-7-22(8-11(9)6-20)16-10(2)15-13(5-14(16)19)17(25)24(21)18(26)23(15)12-3-4-12;/h5,9,11-12H,3-4,6-8,20-21H2,1-2H3;1H/t9-,11-;/m1./s1. The first-order chi connectivity index (χ1) is 12.3. The van der Waals surface area contributed by atoms with E-state index in [0.717, 1.165) is 12.8 Å². The maximum absolute atomic E-state index is 15.0. The first-order valence-corrected chi connectivity index (χ1v) is 9.05. The van der Waals surface area contributed by atoms with E-state index in [1.165, 1.54) is 6.07 Å². The van der Waals surface area contributed by atoms with Crippen molar-refractivity contribution in [3.63, 3.8) is 0 Å². The molecule has 7 nitrogen and oxygen atoms in total. The van der Waals surface area contributed by atoms with Gasteiger partial charge in [0.05, 0.1) is 16.6 Å². The quantitative estimate of drug-likeness (QED) is 0.756. The molecule has 1 aromatic heterocycles. The van der Waals surface area contributed by atoms with E-state index in [9.17, 15) is 9.59 Å². The average Bonchev–Trinajstić information content (AvgIpc) is 3.37. The van der Waals surface area contributed by atoms with Crippen molar-refractivity contribution in [1.29, 1.82) is 0 Å². The normalized spacial score (nSPS) is 22.3. The number of fused-ring (bicyclic) bond motifs is 1. The molecular formula is C18H25ClFN5O2. The summed E-state index contributed by atoms with van der Waals surface area (Å²) in [5.41, 5.74) is 6.22. The highest BCUT2D eigenvalue weighted by Gasteiger charge is 2.34. The van der Waals surface area contributed by atoms with Crippen LogP contribution in [0, 0.1) is 24.6 Å². The Balaban J connectivity index is 0.00000210. The Bertz CT molecular complexity index is 1010. The second-order valence-electron chi connectivity index (χ2n) is 7.67. The molecule has 1 aliphatic carbocycles. The predicted octanol–water partition coefficient (Wildman–Crippen LogP) is 1.11. The van der Waals surface area contributed by atoms with E-state index >= 15 is 4.39 Å². The van der Waals surface area contributed by atoms with Crippen LogP contribution in [0.5, 0.6) is 0 Å². The van der Waals surface area contributed by atoms with Gasteiger partial charge in [-0.15, -0.1) is 12.4 Å². The lowest BCUT2D eigenvalue weighted by Gasteiger charge is -2.24. The minimum atomic E-state index is -0.662. The highest BCUT2D eigenvalue weighted by molar-refractivity contribution is 5.87. The number of halogens is 2. The molecule has 27 heavy (non-hydrogen) atoms. The highest BCUT2D eigenvalue weighted by atomic mass is 35.5. The number of anilines is 1. The van der Waals surface area contributed by atoms with Gasteiger partial charge in [-0.25, -0.2) is 9.18 Å². The van der Waals surface area contributed by atoms with E-state index in [2.05, 4.69) is 6.92 Å². The van der Waals surface area contributed by atoms with Crippen molar-refractivity contribution >= 4 is 29.0 Å². The van der Waals surface area contributed by atoms with Crippen LogP contribution in [-0.4, -0.2) is 28.9 Å². The number of aromatic nitrogens is 2. The van der Waals surface area contributed by atoms with Gasteiger partial charge >= 0.3 is 5.69 Å². The lowest BCUT2D eigenvalue weighted by molar-refractivity contribution is 0.463. The van der Waals surface area contributed by atoms with Crippen LogP contribution >= 0.6 is 12.4 Å². The molecule has 2 aliphatic rings. The van der Waals surface area contributed by atoms with Crippen LogP contribution in [-0.2, 0) is 0 Å². The van der Waals surface area contributed by atoms with Crippen LogP contribution in [0.15, 0.2) is 15.7 Å². The molecule has 0 spiro atoms. The zero-order valence-corrected chi connectivity index (χ0v) is 16.3. The third-order valence-electron chi connectivity index (χ3n) is 5.86. The molecule has 2 atom stereocenters. The van der Waals surface area contributed by atoms with Gasteiger partial charge in [0.2, 0.25) is 0 Å². The molecule has 2 aromatic rings. The SMILES string of the molecule is Cc1c(N2C[C@@H](CN)[C@H](C)C2)c(F)cc2c(=O)n(N)c(=O)n(C3CC3)c12.Cl. The molecule has 1 saturated heterocycles. The minimum absolute atomic E-state index is 0. The molecule has 4 N–H and O–H groups in total. The van der Waals surface area contributed by atoms with E-state index in [4.69, 9.17) is 11.6 Å². The summed E-state index contributed by atoms with van der Waals surface area (Å²) >= 11 is 0. The molecular weight excluding hydrogens is 373 g/mol. The molecule has 0 amide bonds. The van der Waals surface area contributed by atoms with Crippen molar-refractivity contribution in [3.05, 3.63) is 38.3 Å². The number of nitrogen functional groups attached to an aromatic ring is 1. The summed E-state index contributed by atoms with van der Waals surface area (Å²) in [6.45, 7) is 5.81. The zero-order chi connectivity index (χ0) is 18.7. The average molecular weight is 398 g/mol. The Morgan fingerprint density at radius 2 is 1.93 bits per heavy atom. The fourth-order valence-electron chi connectivity index (χ4n) is 4.24. The molecule has 1 aliphatic heterocycles. The predicted molar refractivity (Wildman–Crippen MR) is 107 cm³/mol. The Kier molecular flexibility index (Phi) is 4.98. The monoisotopic (exact) mass is 397 g/mol. The van der Waals surface area contributed by atoms with Crippen LogP contribution in [0.3, 0.4) is 0 Å². The van der Waals surface area contributed by atoms with Crippen molar-refractivity contribution in [2.75, 3.05) is 30.4 Å². The van der Waals surface area contributed by atoms with E-state index in [0.29, 0.717) is 52.9 Å². The summed E-state index contributed by atoms with van der Waals surface area (Å²) in [6, 6.07) is 1.24. The summed E-state index contributed by atoms with van der Waals surface area (Å²) in [6.07, 6.45) is 1.71. The topological polar surface area (TPSA) is 99.3 Å². The Labute approximate surface area is 162 Å². The fraction of sp³-hybridized carbons (Fsp3) is 0.556. The maximum atomic E-state index is 15.0. The van der Waals surface area contributed by atoms with Crippen molar-refractivity contribution in [2.24, 2.45) is 17.6 Å². The molecule has 148 valence electrons. The second-order valence-corrected chi connectivity index (χ2v) is 7.67. The Hall–Kier alpha value is -2.06. The van der Waals surface area contributed by atoms with Crippen molar-refractivity contribution < 1.29 is 4.39 Å². The molecule has 0 radical (unpaired) electrons. The molecule has 0 bridgehead atoms. The van der Waals surface area contributed by atoms with Gasteiger partial charge in [0, 0.05) is 24.7 Å². The Morgan fingerprint density at radius 1 is 1.26 bits per heavy atom. The zero-order valence-electron chi connectivity index (χ0n) is 15.4. The van der Waals surface area contributed by atoms with E-state index in [1.54, 1.807) is 11.5 Å². The lowest BCUT2D eigenvalue weighted by Crippen LogP contribution is -2.44. The van der Waals surface area contributed by atoms with Gasteiger partial charge in [-0.2, -0.15) is 4.68 Å². The van der Waals surface area contributed by atoms with E-state index in [1.807, 2.05) is 4.90 Å². The molecule has 2 heterocycles. The Morgan fingerprint density at radius 3 is 2.48 bits per heavy atom. The number of nitrogens with two attached hydrogens (primary N) is 2. The van der Waals surface area contributed by atoms with E-state index < -0.39 is 17.1 Å². The number of aryl methyl sites for hydroxylation is 1. The molecule has 9 heteroatoms. The highest BCUT2D eigenvalue weighted by Crippen LogP contribution is 2.39. The van der Waals surface area contributed by atoms with Gasteiger partial charge in [0.25, 0.3) is 5.56 Å². The van der Waals surface area contributed by atoms with Crippen molar-refractivity contribution in [2.45, 2.75) is 32.7 Å². The summed E-state index contributed by atoms with van der Waals surface area (Å²) in [5, 5.41) is 0.153. The smallest absolute Gasteiger partial charge is 0.350 e. The number of hydrogen-bond acceptors (Lipinski definition) is 5. The molecule has 2 fully saturated rings. The largest absolute Gasteiger partial charge is 0.368 e. The molecule has 1 saturated carbocycles. The third kappa shape index (κ3) is 2.91. The maximum Gasteiger partial charge on any atom is 0.350 e. The number of hydrogen-bond donors (Lipinski definition) is 2. The summed E-state index contributed by atoms with van der Waals surface area (Å²) in [5.74, 6) is 5.85. The van der Waals surface area contributed by atoms with Gasteiger partial charge in [-0.3, -0.25) is 9.36 Å². The van der Waals surface area contributed by atoms with Crippen LogP contribution in [0.25, 0.3) is 10.9 Å². The summed E-state index contributed by atoms with van der Waals surface area (Å²) < 4.78 is 17.2. The van der Waals surface area contributed by atoms with Gasteiger partial charge in [-0.1, -0.05) is 6.92 Å². The van der Waals surface area contributed by atoms with Crippen molar-refractivity contribution in [1.82, 2.24) is 9.24 Å². The van der Waals surface area contributed by atoms with Gasteiger partial charge in [0.15, 0.2) is 0 Å². The molecule has 1 aromatic carbocycles. The van der Waals surface area contributed by atoms with Gasteiger partial charge in [-0.05, 0) is 44.2 Å². The van der Waals surface area contributed by atoms with Crippen molar-refractivity contribution in [3.8, 4) is 0 Å².